The van der Waals surface area contributed by atoms with Crippen molar-refractivity contribution in [3.63, 3.8) is 0 Å². The first kappa shape index (κ1) is 29.6. The van der Waals surface area contributed by atoms with Gasteiger partial charge in [0.15, 0.2) is 0 Å². The second-order valence-corrected chi connectivity index (χ2v) is 3.12. The molecule has 1 N–H and O–H groups in total. The molecule has 0 aromatic heterocycles. The van der Waals surface area contributed by atoms with E-state index in [0.717, 1.165) is 0 Å². The quantitative estimate of drug-likeness (QED) is 0.279. The standard InChI is InChI=1S/CH2O3.3Na.H2O4S2/c2-1(3)4;;;;1-5(2)6(3)4/h(H2,2,3,4);;;;(H,1,2)(H,3,4)/q;3*+1;/p-3. The Bertz CT molecular complexity index is 144. The largest absolute Gasteiger partial charge is 1.00 e. The summed E-state index contributed by atoms with van der Waals surface area (Å²) < 4.78 is 36.3. The predicted molar refractivity (Wildman–Crippen MR) is 25.9 cm³/mol. The van der Waals surface area contributed by atoms with Crippen LogP contribution in [0.5, 0.6) is 0 Å². The Morgan fingerprint density at radius 1 is 1.00 bits per heavy atom. The number of rotatable bonds is 1. The fourth-order valence-corrected chi connectivity index (χ4v) is 0. The summed E-state index contributed by atoms with van der Waals surface area (Å²) in [5.41, 5.74) is 0. The van der Waals surface area contributed by atoms with E-state index in [1.54, 1.807) is 0 Å². The summed E-state index contributed by atoms with van der Waals surface area (Å²) in [6, 6.07) is 0. The Morgan fingerprint density at radius 2 is 1.08 bits per heavy atom. The average Bonchev–Trinajstić information content (AvgIpc) is 1.63. The van der Waals surface area contributed by atoms with Crippen LogP contribution < -0.4 is 93.8 Å². The SMILES string of the molecule is O=C([O-])O.O=S([O-])S(=O)[O-].[Na+].[Na+].[Na+]. The minimum Gasteiger partial charge on any atom is -0.763 e. The van der Waals surface area contributed by atoms with Crippen LogP contribution in [0.15, 0.2) is 0 Å². The minimum atomic E-state index is -2.95. The first-order valence-electron chi connectivity index (χ1n) is 1.47. The fraction of sp³-hybridized carbons (Fsp3) is 0. The molecule has 0 aliphatic carbocycles. The summed E-state index contributed by atoms with van der Waals surface area (Å²) in [6.45, 7) is 0. The van der Waals surface area contributed by atoms with Crippen molar-refractivity contribution < 1.29 is 121 Å². The molecule has 0 radical (unpaired) electrons. The van der Waals surface area contributed by atoms with Crippen LogP contribution in [-0.2, 0) is 20.2 Å². The van der Waals surface area contributed by atoms with Gasteiger partial charge < -0.3 is 24.1 Å². The third-order valence-electron chi connectivity index (χ3n) is 0.111. The average molecular weight is 258 g/mol. The Hall–Kier alpha value is 2.49. The second kappa shape index (κ2) is 20.0. The molecular weight excluding hydrogens is 257 g/mol. The van der Waals surface area contributed by atoms with Gasteiger partial charge in [0.2, 0.25) is 6.16 Å². The van der Waals surface area contributed by atoms with E-state index in [1.807, 2.05) is 0 Å². The number of hydrogen-bond donors (Lipinski definition) is 1. The van der Waals surface area contributed by atoms with Gasteiger partial charge in [0.05, 0.1) is 0 Å². The van der Waals surface area contributed by atoms with E-state index in [1.165, 1.54) is 0 Å². The second-order valence-electron chi connectivity index (χ2n) is 0.674. The van der Waals surface area contributed by atoms with Gasteiger partial charge in [0.1, 0.15) is 0 Å². The molecule has 2 unspecified atom stereocenters. The van der Waals surface area contributed by atoms with Gasteiger partial charge in [-0.05, 0) is 0 Å². The van der Waals surface area contributed by atoms with E-state index >= 15 is 0 Å². The van der Waals surface area contributed by atoms with Crippen molar-refractivity contribution in [1.29, 1.82) is 0 Å². The molecule has 0 aliphatic heterocycles. The van der Waals surface area contributed by atoms with Crippen LogP contribution in [0.3, 0.4) is 0 Å². The van der Waals surface area contributed by atoms with Crippen molar-refractivity contribution in [3.05, 3.63) is 0 Å². The number of carbonyl (C=O) groups is 1. The molecule has 0 aromatic carbocycles. The van der Waals surface area contributed by atoms with Gasteiger partial charge in [-0.1, -0.05) is 0 Å². The molecule has 0 aliphatic rings. The summed E-state index contributed by atoms with van der Waals surface area (Å²) >= 11 is 0. The van der Waals surface area contributed by atoms with Crippen molar-refractivity contribution in [3.8, 4) is 0 Å². The molecule has 0 bridgehead atoms. The van der Waals surface area contributed by atoms with E-state index in [-0.39, 0.29) is 88.7 Å². The first-order valence-corrected chi connectivity index (χ1v) is 4.13. The predicted octanol–water partition coefficient (Wildman–Crippen LogP) is -11.4. The van der Waals surface area contributed by atoms with Crippen molar-refractivity contribution in [1.82, 2.24) is 0 Å². The van der Waals surface area contributed by atoms with Crippen LogP contribution in [0, 0.1) is 0 Å². The van der Waals surface area contributed by atoms with Crippen LogP contribution in [0.4, 0.5) is 4.79 Å². The van der Waals surface area contributed by atoms with Crippen LogP contribution in [0.2, 0.25) is 0 Å². The maximum Gasteiger partial charge on any atom is 1.00 e. The van der Waals surface area contributed by atoms with Crippen LogP contribution >= 0.6 is 0 Å². The summed E-state index contributed by atoms with van der Waals surface area (Å²) in [4.78, 5) is 8.44. The smallest absolute Gasteiger partial charge is 0.763 e. The molecule has 12 heteroatoms. The topological polar surface area (TPSA) is 141 Å². The summed E-state index contributed by atoms with van der Waals surface area (Å²) in [5.74, 6) is 0. The molecule has 13 heavy (non-hydrogen) atoms. The summed E-state index contributed by atoms with van der Waals surface area (Å²) in [6.07, 6.45) is -2.08. The Morgan fingerprint density at radius 3 is 1.08 bits per heavy atom. The van der Waals surface area contributed by atoms with Crippen LogP contribution in [-0.4, -0.2) is 28.8 Å². The Labute approximate surface area is 145 Å². The van der Waals surface area contributed by atoms with Gasteiger partial charge in [0.25, 0.3) is 0 Å². The Kier molecular flexibility index (Phi) is 45.4. The van der Waals surface area contributed by atoms with Crippen LogP contribution in [0.1, 0.15) is 0 Å². The van der Waals surface area contributed by atoms with Gasteiger partial charge in [-0.2, -0.15) is 0 Å². The third kappa shape index (κ3) is 53.7. The molecule has 62 valence electrons. The zero-order valence-corrected chi connectivity index (χ0v) is 14.8. The van der Waals surface area contributed by atoms with E-state index in [4.69, 9.17) is 32.5 Å². The maximum absolute atomic E-state index is 9.09. The van der Waals surface area contributed by atoms with E-state index in [0.29, 0.717) is 0 Å². The molecular formula is CHNa3O7S2. The first-order chi connectivity index (χ1) is 4.37. The maximum atomic E-state index is 9.09. The molecule has 0 rings (SSSR count). The molecule has 0 saturated carbocycles. The zero-order chi connectivity index (χ0) is 8.73. The van der Waals surface area contributed by atoms with Crippen molar-refractivity contribution in [2.24, 2.45) is 0 Å². The monoisotopic (exact) mass is 258 g/mol. The molecule has 2 atom stereocenters. The molecule has 0 aromatic rings. The molecule has 0 saturated heterocycles. The van der Waals surface area contributed by atoms with Gasteiger partial charge in [-0.25, -0.2) is 0 Å². The van der Waals surface area contributed by atoms with Gasteiger partial charge in [-0.3, -0.25) is 8.42 Å². The zero-order valence-electron chi connectivity index (χ0n) is 7.21. The number of hydrogen-bond acceptors (Lipinski definition) is 6. The molecule has 0 spiro atoms. The number of carboxylic acid groups (broad SMARTS) is 2. The summed E-state index contributed by atoms with van der Waals surface area (Å²) in [7, 11) is -5.90. The van der Waals surface area contributed by atoms with Crippen molar-refractivity contribution in [2.75, 3.05) is 0 Å². The molecule has 0 heterocycles. The van der Waals surface area contributed by atoms with E-state index in [9.17, 15) is 0 Å². The van der Waals surface area contributed by atoms with Gasteiger partial charge in [-0.15, -0.1) is 0 Å². The van der Waals surface area contributed by atoms with Crippen molar-refractivity contribution >= 4 is 26.4 Å². The fourth-order valence-electron chi connectivity index (χ4n) is 0. The van der Waals surface area contributed by atoms with Gasteiger partial charge >= 0.3 is 88.7 Å². The normalized spacial score (nSPS) is 10.9. The minimum absolute atomic E-state index is 0. The van der Waals surface area contributed by atoms with E-state index in [2.05, 4.69) is 0 Å². The Balaban J connectivity index is -0.0000000279. The van der Waals surface area contributed by atoms with Gasteiger partial charge in [0, 0.05) is 20.2 Å². The van der Waals surface area contributed by atoms with Crippen LogP contribution in [0.25, 0.3) is 0 Å². The molecule has 0 amide bonds. The van der Waals surface area contributed by atoms with E-state index < -0.39 is 26.4 Å². The van der Waals surface area contributed by atoms with Crippen molar-refractivity contribution in [2.45, 2.75) is 0 Å². The third-order valence-corrected chi connectivity index (χ3v) is 1.00. The molecule has 7 nitrogen and oxygen atoms in total. The summed E-state index contributed by atoms with van der Waals surface area (Å²) in [5, 5.41) is 15.3. The molecule has 0 fully saturated rings.